The van der Waals surface area contributed by atoms with Gasteiger partial charge < -0.3 is 14.2 Å². The first kappa shape index (κ1) is 22.7. The molecule has 174 valence electrons. The Labute approximate surface area is 189 Å². The topological polar surface area (TPSA) is 117 Å². The number of carbonyl (C=O) groups excluding carboxylic acids is 2. The van der Waals surface area contributed by atoms with Gasteiger partial charge in [-0.25, -0.2) is 9.18 Å². The van der Waals surface area contributed by atoms with Crippen molar-refractivity contribution in [3.8, 4) is 5.75 Å². The van der Waals surface area contributed by atoms with Crippen molar-refractivity contribution in [2.24, 2.45) is 0 Å². The highest BCUT2D eigenvalue weighted by Gasteiger charge is 2.76. The maximum Gasteiger partial charge on any atom is 0.355 e. The first-order chi connectivity index (χ1) is 15.9. The lowest BCUT2D eigenvalue weighted by Gasteiger charge is -2.41. The normalized spacial score (nSPS) is 27.6. The van der Waals surface area contributed by atoms with Crippen LogP contribution in [0.4, 0.5) is 4.39 Å². The highest BCUT2D eigenvalue weighted by Crippen LogP contribution is 2.56. The van der Waals surface area contributed by atoms with Gasteiger partial charge in [0.2, 0.25) is 0 Å². The second kappa shape index (κ2) is 8.78. The molecule has 0 spiro atoms. The lowest BCUT2D eigenvalue weighted by atomic mass is 9.68. The molecule has 9 nitrogen and oxygen atoms in total. The van der Waals surface area contributed by atoms with E-state index >= 15 is 0 Å². The van der Waals surface area contributed by atoms with Gasteiger partial charge in [-0.2, -0.15) is 0 Å². The third-order valence-electron chi connectivity index (χ3n) is 6.13. The summed E-state index contributed by atoms with van der Waals surface area (Å²) in [6, 6.07) is 9.34. The largest absolute Gasteiger partial charge is 0.471 e. The van der Waals surface area contributed by atoms with Crippen LogP contribution in [0, 0.1) is 15.9 Å². The molecule has 0 amide bonds. The lowest BCUT2D eigenvalue weighted by Crippen LogP contribution is -2.63. The number of benzene rings is 2. The van der Waals surface area contributed by atoms with Crippen LogP contribution in [-0.4, -0.2) is 47.8 Å². The minimum Gasteiger partial charge on any atom is -0.471 e. The number of halogens is 1. The molecule has 4 rings (SSSR count). The molecule has 33 heavy (non-hydrogen) atoms. The summed E-state index contributed by atoms with van der Waals surface area (Å²) in [6.45, 7) is 3.17. The zero-order valence-corrected chi connectivity index (χ0v) is 18.0. The number of fused-ring (bicyclic) bond motifs is 3. The van der Waals surface area contributed by atoms with E-state index in [4.69, 9.17) is 14.2 Å². The van der Waals surface area contributed by atoms with Crippen molar-refractivity contribution in [1.29, 1.82) is 0 Å². The fourth-order valence-corrected chi connectivity index (χ4v) is 4.92. The van der Waals surface area contributed by atoms with Crippen LogP contribution < -0.4 is 10.1 Å². The maximum atomic E-state index is 14.9. The van der Waals surface area contributed by atoms with Gasteiger partial charge in [0, 0.05) is 16.1 Å². The second-order valence-corrected chi connectivity index (χ2v) is 7.76. The van der Waals surface area contributed by atoms with Gasteiger partial charge in [-0.05, 0) is 26.0 Å². The molecular weight excluding hydrogens is 435 g/mol. The fraction of sp³-hybridized carbons (Fsp3) is 0.391. The van der Waals surface area contributed by atoms with E-state index in [1.807, 2.05) is 0 Å². The molecule has 1 saturated heterocycles. The Bertz CT molecular complexity index is 1090. The van der Waals surface area contributed by atoms with Crippen molar-refractivity contribution in [1.82, 2.24) is 5.32 Å². The Morgan fingerprint density at radius 3 is 2.30 bits per heavy atom. The van der Waals surface area contributed by atoms with Crippen LogP contribution in [0.2, 0.25) is 0 Å². The molecule has 2 aromatic rings. The molecule has 10 heteroatoms. The minimum atomic E-state index is -2.29. The van der Waals surface area contributed by atoms with Crippen molar-refractivity contribution >= 4 is 11.9 Å². The predicted octanol–water partition coefficient (Wildman–Crippen LogP) is 2.53. The summed E-state index contributed by atoms with van der Waals surface area (Å²) in [5.74, 6) is -3.42. The number of nitrogens with one attached hydrogen (secondary N) is 1. The van der Waals surface area contributed by atoms with Crippen LogP contribution in [-0.2, 0) is 19.1 Å². The Hall–Kier alpha value is -3.53. The molecule has 5 atom stereocenters. The third kappa shape index (κ3) is 3.41. The zero-order chi connectivity index (χ0) is 23.8. The Kier molecular flexibility index (Phi) is 6.03. The number of hydrogen-bond acceptors (Lipinski definition) is 8. The van der Waals surface area contributed by atoms with Gasteiger partial charge in [0.15, 0.2) is 0 Å². The quantitative estimate of drug-likeness (QED) is 0.399. The molecule has 2 heterocycles. The summed E-state index contributed by atoms with van der Waals surface area (Å²) in [4.78, 5) is 38.3. The van der Waals surface area contributed by atoms with E-state index in [0.29, 0.717) is 5.56 Å². The highest BCUT2D eigenvalue weighted by molar-refractivity contribution is 5.83. The Morgan fingerprint density at radius 1 is 1.06 bits per heavy atom. The molecule has 0 aliphatic carbocycles. The summed E-state index contributed by atoms with van der Waals surface area (Å²) in [5.41, 5.74) is -2.01. The van der Waals surface area contributed by atoms with E-state index in [1.165, 1.54) is 18.2 Å². The predicted molar refractivity (Wildman–Crippen MR) is 113 cm³/mol. The molecule has 0 radical (unpaired) electrons. The molecule has 2 aliphatic heterocycles. The Balaban J connectivity index is 2.02. The number of nitrogens with zero attached hydrogens (tertiary/aromatic N) is 1. The van der Waals surface area contributed by atoms with Gasteiger partial charge in [0.05, 0.1) is 19.1 Å². The van der Waals surface area contributed by atoms with Crippen LogP contribution in [0.3, 0.4) is 0 Å². The molecule has 1 N–H and O–H groups in total. The first-order valence-corrected chi connectivity index (χ1v) is 10.6. The van der Waals surface area contributed by atoms with Crippen LogP contribution in [0.15, 0.2) is 48.5 Å². The molecule has 2 aromatic carbocycles. The summed E-state index contributed by atoms with van der Waals surface area (Å²) in [5, 5.41) is 15.8. The number of esters is 2. The number of ether oxygens (including phenoxy) is 3. The summed E-state index contributed by atoms with van der Waals surface area (Å²) >= 11 is 0. The Morgan fingerprint density at radius 2 is 1.67 bits per heavy atom. The highest BCUT2D eigenvalue weighted by atomic mass is 19.1. The van der Waals surface area contributed by atoms with Crippen molar-refractivity contribution in [2.45, 2.75) is 43.5 Å². The summed E-state index contributed by atoms with van der Waals surface area (Å²) in [6.07, 6.45) is -1.75. The van der Waals surface area contributed by atoms with Gasteiger partial charge in [-0.1, -0.05) is 36.4 Å². The van der Waals surface area contributed by atoms with Crippen molar-refractivity contribution in [3.63, 3.8) is 0 Å². The number of carbonyl (C=O) groups is 2. The van der Waals surface area contributed by atoms with Crippen molar-refractivity contribution in [2.75, 3.05) is 13.2 Å². The van der Waals surface area contributed by atoms with Crippen LogP contribution in [0.25, 0.3) is 0 Å². The lowest BCUT2D eigenvalue weighted by molar-refractivity contribution is -0.586. The number of para-hydroxylation sites is 1. The molecule has 0 saturated carbocycles. The van der Waals surface area contributed by atoms with Gasteiger partial charge >= 0.3 is 11.9 Å². The molecule has 1 fully saturated rings. The molecule has 2 aliphatic rings. The van der Waals surface area contributed by atoms with E-state index in [1.54, 1.807) is 38.1 Å². The van der Waals surface area contributed by atoms with E-state index < -0.39 is 52.3 Å². The number of rotatable bonds is 6. The average molecular weight is 458 g/mol. The van der Waals surface area contributed by atoms with Crippen molar-refractivity contribution in [3.05, 3.63) is 75.6 Å². The summed E-state index contributed by atoms with van der Waals surface area (Å²) in [7, 11) is 0. The minimum absolute atomic E-state index is 0.0407. The first-order valence-electron chi connectivity index (χ1n) is 10.6. The van der Waals surface area contributed by atoms with E-state index in [-0.39, 0.29) is 24.5 Å². The monoisotopic (exact) mass is 458 g/mol. The van der Waals surface area contributed by atoms with Gasteiger partial charge in [-0.15, -0.1) is 0 Å². The van der Waals surface area contributed by atoms with Crippen LogP contribution >= 0.6 is 0 Å². The maximum absolute atomic E-state index is 14.9. The van der Waals surface area contributed by atoms with Crippen molar-refractivity contribution < 1.29 is 33.1 Å². The molecule has 0 bridgehead atoms. The average Bonchev–Trinajstić information content (AvgIpc) is 3.17. The second-order valence-electron chi connectivity index (χ2n) is 7.76. The van der Waals surface area contributed by atoms with Gasteiger partial charge in [0.1, 0.15) is 23.7 Å². The van der Waals surface area contributed by atoms with Crippen LogP contribution in [0.1, 0.15) is 36.9 Å². The van der Waals surface area contributed by atoms with Gasteiger partial charge in [0.25, 0.3) is 11.6 Å². The number of nitro groups is 1. The third-order valence-corrected chi connectivity index (χ3v) is 6.13. The van der Waals surface area contributed by atoms with E-state index in [0.717, 1.165) is 6.07 Å². The standard InChI is InChI=1S/C23H23FN2O7/c1-3-31-21(27)18-17-14-10-6-8-12-16(14)33-20(22(28)32-4-2)23(17,26(29)30)19(25-18)13-9-5-7-11-15(13)24/h5-12,17-20,25H,3-4H2,1-2H3/t17-,18+,19+,20-,23+/m1/s1. The van der Waals surface area contributed by atoms with E-state index in [2.05, 4.69) is 5.32 Å². The fourth-order valence-electron chi connectivity index (χ4n) is 4.92. The molecular formula is C23H23FN2O7. The summed E-state index contributed by atoms with van der Waals surface area (Å²) < 4.78 is 31.1. The van der Waals surface area contributed by atoms with Crippen LogP contribution in [0.5, 0.6) is 5.75 Å². The van der Waals surface area contributed by atoms with E-state index in [9.17, 15) is 24.1 Å². The number of hydrogen-bond donors (Lipinski definition) is 1. The zero-order valence-electron chi connectivity index (χ0n) is 18.0. The van der Waals surface area contributed by atoms with Gasteiger partial charge in [-0.3, -0.25) is 20.2 Å². The molecule has 0 unspecified atom stereocenters. The SMILES string of the molecule is CCOC(=O)[C@H]1N[C@@H](c2ccccc2F)[C@]2([N+](=O)[O-])[C@@H](C(=O)OCC)Oc3ccccc3[C@H]12. The smallest absolute Gasteiger partial charge is 0.355 e. The molecule has 0 aromatic heterocycles.